The predicted molar refractivity (Wildman–Crippen MR) is 135 cm³/mol. The number of aliphatic imine (C=N–C) groups is 1. The Labute approximate surface area is 199 Å². The zero-order chi connectivity index (χ0) is 23.9. The van der Waals surface area contributed by atoms with E-state index in [0.29, 0.717) is 40.8 Å². The number of pyridine rings is 1. The average Bonchev–Trinajstić information content (AvgIpc) is 3.32. The molecule has 3 aromatic rings. The lowest BCUT2D eigenvalue weighted by Gasteiger charge is -2.26. The Balaban J connectivity index is 1.56. The van der Waals surface area contributed by atoms with Gasteiger partial charge in [0.25, 0.3) is 5.91 Å². The smallest absolute Gasteiger partial charge is 0.255 e. The van der Waals surface area contributed by atoms with E-state index in [0.717, 1.165) is 25.2 Å². The minimum atomic E-state index is -0.177. The summed E-state index contributed by atoms with van der Waals surface area (Å²) in [6.07, 6.45) is 10.4. The average molecular weight is 459 g/mol. The Hall–Kier alpha value is -3.85. The summed E-state index contributed by atoms with van der Waals surface area (Å²) in [7, 11) is 0. The van der Waals surface area contributed by atoms with Gasteiger partial charge in [-0.3, -0.25) is 14.8 Å². The topological polar surface area (TPSA) is 99.8 Å². The third-order valence-corrected chi connectivity index (χ3v) is 5.61. The van der Waals surface area contributed by atoms with Crippen molar-refractivity contribution in [2.75, 3.05) is 31.5 Å². The van der Waals surface area contributed by atoms with Crippen LogP contribution in [0.1, 0.15) is 42.4 Å². The van der Waals surface area contributed by atoms with Gasteiger partial charge < -0.3 is 15.5 Å². The van der Waals surface area contributed by atoms with Crippen molar-refractivity contribution in [3.8, 4) is 0 Å². The number of nitrogens with one attached hydrogen (secondary N) is 2. The largest absolute Gasteiger partial charge is 0.351 e. The Morgan fingerprint density at radius 3 is 2.85 bits per heavy atom. The van der Waals surface area contributed by atoms with Gasteiger partial charge in [0.05, 0.1) is 11.3 Å². The first-order valence-corrected chi connectivity index (χ1v) is 11.5. The summed E-state index contributed by atoms with van der Waals surface area (Å²) >= 11 is 0. The molecular weight excluding hydrogens is 428 g/mol. The zero-order valence-corrected chi connectivity index (χ0v) is 19.5. The molecule has 0 aliphatic carbocycles. The lowest BCUT2D eigenvalue weighted by atomic mass is 10.1. The second-order valence-electron chi connectivity index (χ2n) is 8.26. The van der Waals surface area contributed by atoms with Crippen LogP contribution in [0.25, 0.3) is 5.52 Å². The molecule has 0 atom stereocenters. The maximum Gasteiger partial charge on any atom is 0.255 e. The molecule has 9 heteroatoms. The monoisotopic (exact) mass is 458 g/mol. The van der Waals surface area contributed by atoms with Crippen LogP contribution < -0.4 is 10.6 Å². The van der Waals surface area contributed by atoms with Crippen LogP contribution in [0.5, 0.6) is 0 Å². The zero-order valence-electron chi connectivity index (χ0n) is 19.5. The summed E-state index contributed by atoms with van der Waals surface area (Å²) in [4.78, 5) is 28.6. The molecule has 0 aromatic carbocycles. The molecule has 4 rings (SSSR count). The number of anilines is 2. The van der Waals surface area contributed by atoms with Gasteiger partial charge in [-0.05, 0) is 57.1 Å². The van der Waals surface area contributed by atoms with E-state index >= 15 is 0 Å². The molecule has 34 heavy (non-hydrogen) atoms. The van der Waals surface area contributed by atoms with Crippen LogP contribution in [0.2, 0.25) is 0 Å². The summed E-state index contributed by atoms with van der Waals surface area (Å²) in [6.45, 7) is 13.1. The fourth-order valence-corrected chi connectivity index (χ4v) is 3.95. The highest BCUT2D eigenvalue weighted by Gasteiger charge is 2.16. The molecular formula is C25H30N8O. The first-order chi connectivity index (χ1) is 16.5. The number of rotatable bonds is 9. The van der Waals surface area contributed by atoms with E-state index in [9.17, 15) is 4.79 Å². The standard InChI is InChI=1S/C25H30N8O/c1-4-20(28-18(2)3)23-30-24(22-9-8-15-33(22)31-23)29-21-10-11-26-17-19(21)25(34)27-12-16-32-13-6-5-7-14-32/h4,8-11,15,17H,1-2,5-7,12-14,16H2,3H3,(H,27,34)(H,26,29,30,31). The van der Waals surface area contributed by atoms with Crippen molar-refractivity contribution in [1.82, 2.24) is 29.8 Å². The Bertz CT molecular complexity index is 1220. The Kier molecular flexibility index (Phi) is 7.44. The van der Waals surface area contributed by atoms with Gasteiger partial charge in [-0.15, -0.1) is 5.10 Å². The normalized spacial score (nSPS) is 14.7. The number of likely N-dealkylation sites (tertiary alicyclic amines) is 1. The number of hydrogen-bond donors (Lipinski definition) is 2. The highest BCUT2D eigenvalue weighted by atomic mass is 16.1. The lowest BCUT2D eigenvalue weighted by molar-refractivity contribution is 0.0947. The second kappa shape index (κ2) is 10.8. The highest BCUT2D eigenvalue weighted by molar-refractivity contribution is 6.06. The molecule has 0 saturated carbocycles. The van der Waals surface area contributed by atoms with Crippen molar-refractivity contribution in [1.29, 1.82) is 0 Å². The lowest BCUT2D eigenvalue weighted by Crippen LogP contribution is -2.37. The quantitative estimate of drug-likeness (QED) is 0.476. The van der Waals surface area contributed by atoms with E-state index in [2.05, 4.69) is 48.8 Å². The first kappa shape index (κ1) is 23.3. The maximum absolute atomic E-state index is 13.0. The SMILES string of the molecule is C=CC(=NC(=C)C)c1nc(Nc2ccncc2C(=O)NCCN2CCCCC2)c2cccn2n1. The number of carbonyl (C=O) groups is 1. The molecule has 0 radical (unpaired) electrons. The molecule has 1 aliphatic rings. The number of amides is 1. The van der Waals surface area contributed by atoms with Crippen molar-refractivity contribution in [3.63, 3.8) is 0 Å². The first-order valence-electron chi connectivity index (χ1n) is 11.5. The molecule has 1 amide bonds. The van der Waals surface area contributed by atoms with Crippen molar-refractivity contribution >= 4 is 28.6 Å². The van der Waals surface area contributed by atoms with E-state index in [4.69, 9.17) is 0 Å². The number of carbonyl (C=O) groups excluding carboxylic acids is 1. The molecule has 3 aromatic heterocycles. The number of aromatic nitrogens is 4. The summed E-state index contributed by atoms with van der Waals surface area (Å²) in [5, 5.41) is 10.9. The summed E-state index contributed by atoms with van der Waals surface area (Å²) < 4.78 is 1.71. The maximum atomic E-state index is 13.0. The van der Waals surface area contributed by atoms with Gasteiger partial charge in [0.15, 0.2) is 5.82 Å². The van der Waals surface area contributed by atoms with Gasteiger partial charge >= 0.3 is 0 Å². The number of hydrogen-bond acceptors (Lipinski definition) is 7. The van der Waals surface area contributed by atoms with E-state index in [-0.39, 0.29) is 5.91 Å². The van der Waals surface area contributed by atoms with E-state index < -0.39 is 0 Å². The molecule has 9 nitrogen and oxygen atoms in total. The van der Waals surface area contributed by atoms with E-state index in [1.165, 1.54) is 19.3 Å². The van der Waals surface area contributed by atoms with Crippen molar-refractivity contribution in [2.24, 2.45) is 4.99 Å². The summed E-state index contributed by atoms with van der Waals surface area (Å²) in [6, 6.07) is 5.54. The van der Waals surface area contributed by atoms with Crippen molar-refractivity contribution < 1.29 is 4.79 Å². The summed E-state index contributed by atoms with van der Waals surface area (Å²) in [5.74, 6) is 0.759. The molecule has 0 unspecified atom stereocenters. The number of allylic oxidation sites excluding steroid dienone is 2. The van der Waals surface area contributed by atoms with Crippen LogP contribution in [0.4, 0.5) is 11.5 Å². The third-order valence-electron chi connectivity index (χ3n) is 5.61. The fourth-order valence-electron chi connectivity index (χ4n) is 3.95. The van der Waals surface area contributed by atoms with Crippen molar-refractivity contribution in [2.45, 2.75) is 26.2 Å². The van der Waals surface area contributed by atoms with E-state index in [1.54, 1.807) is 36.0 Å². The molecule has 1 saturated heterocycles. The van der Waals surface area contributed by atoms with Gasteiger partial charge in [-0.2, -0.15) is 0 Å². The molecule has 4 heterocycles. The molecule has 1 fully saturated rings. The Morgan fingerprint density at radius 2 is 2.09 bits per heavy atom. The molecule has 0 bridgehead atoms. The summed E-state index contributed by atoms with van der Waals surface area (Å²) in [5.41, 5.74) is 2.95. The highest BCUT2D eigenvalue weighted by Crippen LogP contribution is 2.23. The minimum absolute atomic E-state index is 0.177. The van der Waals surface area contributed by atoms with Crippen LogP contribution in [-0.4, -0.2) is 62.3 Å². The van der Waals surface area contributed by atoms with Gasteiger partial charge in [0.1, 0.15) is 11.2 Å². The van der Waals surface area contributed by atoms with E-state index in [1.807, 2.05) is 18.3 Å². The molecule has 0 spiro atoms. The van der Waals surface area contributed by atoms with Crippen LogP contribution >= 0.6 is 0 Å². The third kappa shape index (κ3) is 5.55. The number of piperidine rings is 1. The predicted octanol–water partition coefficient (Wildman–Crippen LogP) is 3.59. The molecule has 1 aliphatic heterocycles. The van der Waals surface area contributed by atoms with Crippen molar-refractivity contribution in [3.05, 3.63) is 73.1 Å². The van der Waals surface area contributed by atoms with Gasteiger partial charge in [0, 0.05) is 37.4 Å². The van der Waals surface area contributed by atoms with Crippen LogP contribution in [-0.2, 0) is 0 Å². The number of fused-ring (bicyclic) bond motifs is 1. The number of nitrogens with zero attached hydrogens (tertiary/aromatic N) is 6. The Morgan fingerprint density at radius 1 is 1.26 bits per heavy atom. The van der Waals surface area contributed by atoms with Gasteiger partial charge in [-0.1, -0.05) is 19.6 Å². The second-order valence-corrected chi connectivity index (χ2v) is 8.26. The van der Waals surface area contributed by atoms with Crippen LogP contribution in [0, 0.1) is 0 Å². The fraction of sp³-hybridized carbons (Fsp3) is 0.320. The molecule has 2 N–H and O–H groups in total. The van der Waals surface area contributed by atoms with Gasteiger partial charge in [-0.25, -0.2) is 9.50 Å². The molecule has 176 valence electrons. The minimum Gasteiger partial charge on any atom is -0.351 e. The van der Waals surface area contributed by atoms with Gasteiger partial charge in [0.2, 0.25) is 5.82 Å². The van der Waals surface area contributed by atoms with Crippen LogP contribution in [0.3, 0.4) is 0 Å². The van der Waals surface area contributed by atoms with Crippen LogP contribution in [0.15, 0.2) is 66.7 Å².